The number of nitrogens with zero attached hydrogens (tertiary/aromatic N) is 2. The summed E-state index contributed by atoms with van der Waals surface area (Å²) in [5, 5.41) is 7.28. The Hall–Kier alpha value is -1.17. The number of rotatable bonds is 9. The summed E-state index contributed by atoms with van der Waals surface area (Å²) in [6, 6.07) is 11.1. The third kappa shape index (κ3) is 5.91. The number of benzene rings is 1. The molecule has 0 amide bonds. The Balaban J connectivity index is 2.26. The average Bonchev–Trinajstić information content (AvgIpc) is 3.08. The van der Waals surface area contributed by atoms with Gasteiger partial charge < -0.3 is 9.16 Å². The van der Waals surface area contributed by atoms with Gasteiger partial charge in [-0.15, -0.1) is 0 Å². The summed E-state index contributed by atoms with van der Waals surface area (Å²) < 4.78 is 12.3. The van der Waals surface area contributed by atoms with Crippen LogP contribution in [0.25, 0.3) is 0 Å². The highest BCUT2D eigenvalue weighted by atomic mass is 28.4. The SMILES string of the molecule is CC[C@@H](/C=N/N1CCC[C@H]1COC)[C@@H](O[Si](C)(C)C(C)(C)C)c1ccccc1. The molecule has 1 aromatic rings. The minimum atomic E-state index is -1.91. The third-order valence-electron chi connectivity index (χ3n) is 6.33. The predicted molar refractivity (Wildman–Crippen MR) is 121 cm³/mol. The lowest BCUT2D eigenvalue weighted by atomic mass is 9.94. The molecule has 0 N–H and O–H groups in total. The van der Waals surface area contributed by atoms with E-state index in [0.717, 1.165) is 26.0 Å². The van der Waals surface area contributed by atoms with Crippen molar-refractivity contribution in [1.29, 1.82) is 0 Å². The van der Waals surface area contributed by atoms with Crippen LogP contribution in [0.5, 0.6) is 0 Å². The monoisotopic (exact) mass is 404 g/mol. The molecule has 1 aliphatic heterocycles. The topological polar surface area (TPSA) is 34.1 Å². The lowest BCUT2D eigenvalue weighted by molar-refractivity contribution is 0.116. The number of hydrogen-bond donors (Lipinski definition) is 0. The quantitative estimate of drug-likeness (QED) is 0.381. The molecule has 3 atom stereocenters. The molecule has 0 saturated carbocycles. The molecule has 2 rings (SSSR count). The second kappa shape index (κ2) is 10.0. The molecule has 0 radical (unpaired) electrons. The van der Waals surface area contributed by atoms with Crippen LogP contribution >= 0.6 is 0 Å². The fraction of sp³-hybridized carbons (Fsp3) is 0.696. The normalized spacial score (nSPS) is 20.7. The summed E-state index contributed by atoms with van der Waals surface area (Å²) in [6.07, 6.45) is 5.52. The van der Waals surface area contributed by atoms with Crippen molar-refractivity contribution in [3.63, 3.8) is 0 Å². The van der Waals surface area contributed by atoms with Gasteiger partial charge >= 0.3 is 0 Å². The molecule has 1 aromatic carbocycles. The zero-order chi connectivity index (χ0) is 20.8. The molecule has 1 aliphatic rings. The van der Waals surface area contributed by atoms with Crippen LogP contribution in [0.15, 0.2) is 35.4 Å². The highest BCUT2D eigenvalue weighted by Gasteiger charge is 2.40. The van der Waals surface area contributed by atoms with E-state index < -0.39 is 8.32 Å². The van der Waals surface area contributed by atoms with Crippen LogP contribution in [0.1, 0.15) is 58.6 Å². The van der Waals surface area contributed by atoms with Crippen molar-refractivity contribution in [3.05, 3.63) is 35.9 Å². The summed E-state index contributed by atoms with van der Waals surface area (Å²) in [5.74, 6) is 0.250. The van der Waals surface area contributed by atoms with E-state index >= 15 is 0 Å². The van der Waals surface area contributed by atoms with E-state index in [2.05, 4.69) is 82.3 Å². The Labute approximate surface area is 173 Å². The Morgan fingerprint density at radius 1 is 1.25 bits per heavy atom. The Morgan fingerprint density at radius 2 is 1.93 bits per heavy atom. The van der Waals surface area contributed by atoms with E-state index in [1.807, 2.05) is 0 Å². The van der Waals surface area contributed by atoms with E-state index in [1.165, 1.54) is 12.0 Å². The summed E-state index contributed by atoms with van der Waals surface area (Å²) in [7, 11) is -0.140. The molecule has 4 nitrogen and oxygen atoms in total. The van der Waals surface area contributed by atoms with Crippen molar-refractivity contribution in [3.8, 4) is 0 Å². The highest BCUT2D eigenvalue weighted by Crippen LogP contribution is 2.42. The fourth-order valence-electron chi connectivity index (χ4n) is 3.44. The largest absolute Gasteiger partial charge is 0.409 e. The van der Waals surface area contributed by atoms with Gasteiger partial charge in [-0.3, -0.25) is 5.01 Å². The summed E-state index contributed by atoms with van der Waals surface area (Å²) in [6.45, 7) is 15.6. The van der Waals surface area contributed by atoms with Gasteiger partial charge in [-0.1, -0.05) is 58.0 Å². The smallest absolute Gasteiger partial charge is 0.192 e. The molecule has 1 heterocycles. The van der Waals surface area contributed by atoms with Crippen LogP contribution in [-0.4, -0.2) is 45.8 Å². The van der Waals surface area contributed by atoms with Gasteiger partial charge in [0.15, 0.2) is 8.32 Å². The second-order valence-corrected chi connectivity index (χ2v) is 14.2. The Bertz CT molecular complexity index is 613. The first-order valence-electron chi connectivity index (χ1n) is 10.7. The number of hydrazone groups is 1. The molecule has 0 bridgehead atoms. The first kappa shape index (κ1) is 23.1. The molecule has 1 saturated heterocycles. The van der Waals surface area contributed by atoms with Gasteiger partial charge in [0.05, 0.1) is 18.8 Å². The van der Waals surface area contributed by atoms with Gasteiger partial charge in [-0.05, 0) is 43.0 Å². The van der Waals surface area contributed by atoms with Gasteiger partial charge in [0.2, 0.25) is 0 Å². The van der Waals surface area contributed by atoms with Crippen LogP contribution in [0, 0.1) is 5.92 Å². The standard InChI is InChI=1S/C23H40N2O2Si/c1-8-19(17-24-25-16-12-15-21(25)18-26-5)22(20-13-10-9-11-14-20)27-28(6,7)23(2,3)4/h9-11,13-14,17,19,21-22H,8,12,15-16,18H2,1-7H3/b24-17+/t19-,21-,22+/m0/s1. The maximum Gasteiger partial charge on any atom is 0.192 e. The predicted octanol–water partition coefficient (Wildman–Crippen LogP) is 5.87. The van der Waals surface area contributed by atoms with Crippen LogP contribution in [-0.2, 0) is 9.16 Å². The molecule has 0 aliphatic carbocycles. The zero-order valence-electron chi connectivity index (χ0n) is 18.9. The van der Waals surface area contributed by atoms with Crippen LogP contribution in [0.3, 0.4) is 0 Å². The van der Waals surface area contributed by atoms with Crippen LogP contribution < -0.4 is 0 Å². The van der Waals surface area contributed by atoms with Crippen molar-refractivity contribution < 1.29 is 9.16 Å². The van der Waals surface area contributed by atoms with E-state index in [4.69, 9.17) is 14.3 Å². The lowest BCUT2D eigenvalue weighted by Crippen LogP contribution is -2.43. The van der Waals surface area contributed by atoms with Crippen LogP contribution in [0.4, 0.5) is 0 Å². The summed E-state index contributed by atoms with van der Waals surface area (Å²) in [4.78, 5) is 0. The van der Waals surface area contributed by atoms with Gasteiger partial charge in [-0.2, -0.15) is 5.10 Å². The summed E-state index contributed by atoms with van der Waals surface area (Å²) >= 11 is 0. The molecule has 158 valence electrons. The van der Waals surface area contributed by atoms with Crippen molar-refractivity contribution in [1.82, 2.24) is 5.01 Å². The van der Waals surface area contributed by atoms with Crippen molar-refractivity contribution in [2.75, 3.05) is 20.3 Å². The first-order valence-corrected chi connectivity index (χ1v) is 13.6. The van der Waals surface area contributed by atoms with Gasteiger partial charge in [0.25, 0.3) is 0 Å². The average molecular weight is 405 g/mol. The number of hydrogen-bond acceptors (Lipinski definition) is 4. The van der Waals surface area contributed by atoms with E-state index in [-0.39, 0.29) is 17.1 Å². The van der Waals surface area contributed by atoms with Crippen molar-refractivity contribution >= 4 is 14.5 Å². The number of methoxy groups -OCH3 is 1. The fourth-order valence-corrected chi connectivity index (χ4v) is 4.74. The molecular weight excluding hydrogens is 364 g/mol. The molecule has 28 heavy (non-hydrogen) atoms. The maximum atomic E-state index is 6.94. The second-order valence-electron chi connectivity index (χ2n) is 9.46. The van der Waals surface area contributed by atoms with Gasteiger partial charge in [-0.25, -0.2) is 0 Å². The third-order valence-corrected chi connectivity index (χ3v) is 10.8. The van der Waals surface area contributed by atoms with E-state index in [9.17, 15) is 0 Å². The Kier molecular flexibility index (Phi) is 8.28. The lowest BCUT2D eigenvalue weighted by Gasteiger charge is -2.41. The van der Waals surface area contributed by atoms with Crippen molar-refractivity contribution in [2.45, 2.75) is 77.2 Å². The molecular formula is C23H40N2O2Si. The molecule has 0 aromatic heterocycles. The Morgan fingerprint density at radius 3 is 2.50 bits per heavy atom. The number of ether oxygens (including phenoxy) is 1. The molecule has 5 heteroatoms. The molecule has 0 unspecified atom stereocenters. The van der Waals surface area contributed by atoms with Gasteiger partial charge in [0, 0.05) is 25.8 Å². The van der Waals surface area contributed by atoms with Gasteiger partial charge in [0.1, 0.15) is 0 Å². The van der Waals surface area contributed by atoms with Crippen molar-refractivity contribution in [2.24, 2.45) is 11.0 Å². The van der Waals surface area contributed by atoms with E-state index in [1.54, 1.807) is 7.11 Å². The highest BCUT2D eigenvalue weighted by molar-refractivity contribution is 6.74. The van der Waals surface area contributed by atoms with E-state index in [0.29, 0.717) is 6.04 Å². The molecule has 0 spiro atoms. The first-order chi connectivity index (χ1) is 13.2. The maximum absolute atomic E-state index is 6.94. The molecule has 1 fully saturated rings. The minimum Gasteiger partial charge on any atom is -0.409 e. The van der Waals surface area contributed by atoms with Crippen LogP contribution in [0.2, 0.25) is 18.1 Å². The summed E-state index contributed by atoms with van der Waals surface area (Å²) in [5.41, 5.74) is 1.25. The minimum absolute atomic E-state index is 0.0410. The zero-order valence-corrected chi connectivity index (χ0v) is 19.9.